The highest BCUT2D eigenvalue weighted by molar-refractivity contribution is 5.89. The van der Waals surface area contributed by atoms with E-state index >= 15 is 0 Å². The summed E-state index contributed by atoms with van der Waals surface area (Å²) in [6.07, 6.45) is 4.20. The summed E-state index contributed by atoms with van der Waals surface area (Å²) in [5, 5.41) is 8.32. The van der Waals surface area contributed by atoms with Gasteiger partial charge in [-0.15, -0.1) is 0 Å². The monoisotopic (exact) mass is 385 g/mol. The molecule has 1 aliphatic heterocycles. The first kappa shape index (κ1) is 18.7. The van der Waals surface area contributed by atoms with Gasteiger partial charge in [0.25, 0.3) is 5.56 Å². The van der Waals surface area contributed by atoms with E-state index in [9.17, 15) is 14.4 Å². The van der Waals surface area contributed by atoms with E-state index in [0.29, 0.717) is 36.6 Å². The zero-order chi connectivity index (χ0) is 20.0. The van der Waals surface area contributed by atoms with Crippen molar-refractivity contribution < 1.29 is 9.59 Å². The standard InChI is InChI=1S/C20H27N5O3/c1-11-14(19(27)22-18-17(11)12(2)23-24(18)3)8-9-16(26)25-10-4-5-15(25)20(28)21-13-6-7-13/h13,15H,4-10H2,1-3H3,(H,21,28)(H,22,27). The van der Waals surface area contributed by atoms with Crippen LogP contribution < -0.4 is 10.9 Å². The van der Waals surface area contributed by atoms with Gasteiger partial charge in [0.15, 0.2) is 0 Å². The lowest BCUT2D eigenvalue weighted by Crippen LogP contribution is -2.46. The second-order valence-corrected chi connectivity index (χ2v) is 8.02. The highest BCUT2D eigenvalue weighted by atomic mass is 16.2. The van der Waals surface area contributed by atoms with Crippen molar-refractivity contribution in [3.05, 3.63) is 27.2 Å². The van der Waals surface area contributed by atoms with Crippen LogP contribution in [0.4, 0.5) is 0 Å². The van der Waals surface area contributed by atoms with E-state index in [4.69, 9.17) is 0 Å². The predicted octanol–water partition coefficient (Wildman–Crippen LogP) is 1.08. The number of pyridine rings is 1. The summed E-state index contributed by atoms with van der Waals surface area (Å²) in [5.41, 5.74) is 2.88. The van der Waals surface area contributed by atoms with Gasteiger partial charge in [-0.25, -0.2) is 0 Å². The van der Waals surface area contributed by atoms with E-state index in [2.05, 4.69) is 15.4 Å². The van der Waals surface area contributed by atoms with Gasteiger partial charge in [-0.1, -0.05) is 0 Å². The molecular weight excluding hydrogens is 358 g/mol. The molecule has 8 nitrogen and oxygen atoms in total. The molecule has 8 heteroatoms. The van der Waals surface area contributed by atoms with Crippen LogP contribution in [-0.2, 0) is 23.1 Å². The molecule has 3 heterocycles. The minimum Gasteiger partial charge on any atom is -0.352 e. The van der Waals surface area contributed by atoms with Crippen LogP contribution in [0, 0.1) is 13.8 Å². The summed E-state index contributed by atoms with van der Waals surface area (Å²) in [5.74, 6) is -0.0926. The predicted molar refractivity (Wildman–Crippen MR) is 105 cm³/mol. The lowest BCUT2D eigenvalue weighted by Gasteiger charge is -2.24. The van der Waals surface area contributed by atoms with Gasteiger partial charge in [-0.3, -0.25) is 19.1 Å². The second kappa shape index (κ2) is 7.07. The Morgan fingerprint density at radius 1 is 1.25 bits per heavy atom. The molecule has 2 aromatic heterocycles. The van der Waals surface area contributed by atoms with Crippen molar-refractivity contribution in [1.29, 1.82) is 0 Å². The fourth-order valence-corrected chi connectivity index (χ4v) is 4.29. The minimum atomic E-state index is -0.365. The molecule has 0 spiro atoms. The minimum absolute atomic E-state index is 0.0326. The molecule has 1 saturated heterocycles. The number of aromatic amines is 1. The zero-order valence-electron chi connectivity index (χ0n) is 16.7. The topological polar surface area (TPSA) is 100 Å². The summed E-state index contributed by atoms with van der Waals surface area (Å²) in [6, 6.07) is -0.0729. The fraction of sp³-hybridized carbons (Fsp3) is 0.600. The van der Waals surface area contributed by atoms with Crippen molar-refractivity contribution in [2.24, 2.45) is 7.05 Å². The maximum atomic E-state index is 12.8. The van der Waals surface area contributed by atoms with Gasteiger partial charge in [-0.2, -0.15) is 5.10 Å². The lowest BCUT2D eigenvalue weighted by atomic mass is 10.0. The Morgan fingerprint density at radius 3 is 2.71 bits per heavy atom. The van der Waals surface area contributed by atoms with Gasteiger partial charge >= 0.3 is 0 Å². The number of aromatic nitrogens is 3. The number of nitrogens with zero attached hydrogens (tertiary/aromatic N) is 3. The zero-order valence-corrected chi connectivity index (χ0v) is 16.7. The number of carbonyl (C=O) groups excluding carboxylic acids is 2. The number of H-pyrrole nitrogens is 1. The van der Waals surface area contributed by atoms with E-state index in [-0.39, 0.29) is 29.8 Å². The van der Waals surface area contributed by atoms with Crippen molar-refractivity contribution in [2.75, 3.05) is 6.54 Å². The Hall–Kier alpha value is -2.64. The highest BCUT2D eigenvalue weighted by Crippen LogP contribution is 2.24. The normalized spacial score (nSPS) is 19.4. The first-order chi connectivity index (χ1) is 13.4. The number of nitrogens with one attached hydrogen (secondary N) is 2. The molecule has 150 valence electrons. The Kier molecular flexibility index (Phi) is 4.72. The van der Waals surface area contributed by atoms with Crippen molar-refractivity contribution in [2.45, 2.75) is 64.5 Å². The van der Waals surface area contributed by atoms with Crippen molar-refractivity contribution in [3.8, 4) is 0 Å². The molecule has 2 fully saturated rings. The Balaban J connectivity index is 1.49. The maximum Gasteiger partial charge on any atom is 0.253 e. The van der Waals surface area contributed by atoms with Crippen LogP contribution in [0.15, 0.2) is 4.79 Å². The second-order valence-electron chi connectivity index (χ2n) is 8.02. The Bertz CT molecular complexity index is 1000. The number of hydrogen-bond acceptors (Lipinski definition) is 4. The lowest BCUT2D eigenvalue weighted by molar-refractivity contribution is -0.138. The first-order valence-corrected chi connectivity index (χ1v) is 10.0. The van der Waals surface area contributed by atoms with E-state index in [1.807, 2.05) is 13.8 Å². The summed E-state index contributed by atoms with van der Waals surface area (Å²) in [7, 11) is 1.80. The van der Waals surface area contributed by atoms with Gasteiger partial charge in [0, 0.05) is 37.0 Å². The third-order valence-electron chi connectivity index (χ3n) is 5.94. The van der Waals surface area contributed by atoms with Crippen LogP contribution >= 0.6 is 0 Å². The van der Waals surface area contributed by atoms with E-state index in [1.165, 1.54) is 0 Å². The average Bonchev–Trinajstić information content (AvgIpc) is 3.22. The molecule has 0 radical (unpaired) electrons. The van der Waals surface area contributed by atoms with Crippen LogP contribution in [0.1, 0.15) is 48.9 Å². The molecule has 2 amide bonds. The molecule has 1 saturated carbocycles. The van der Waals surface area contributed by atoms with Gasteiger partial charge in [0.1, 0.15) is 11.7 Å². The number of likely N-dealkylation sites (tertiary alicyclic amines) is 1. The van der Waals surface area contributed by atoms with E-state index in [1.54, 1.807) is 16.6 Å². The molecule has 1 aliphatic carbocycles. The fourth-order valence-electron chi connectivity index (χ4n) is 4.29. The van der Waals surface area contributed by atoms with Gasteiger partial charge in [-0.05, 0) is 51.5 Å². The van der Waals surface area contributed by atoms with Crippen LogP contribution in [0.5, 0.6) is 0 Å². The third-order valence-corrected chi connectivity index (χ3v) is 5.94. The summed E-state index contributed by atoms with van der Waals surface area (Å²) < 4.78 is 1.67. The SMILES string of the molecule is Cc1nn(C)c2[nH]c(=O)c(CCC(=O)N3CCCC3C(=O)NC3CC3)c(C)c12. The average molecular weight is 385 g/mol. The van der Waals surface area contributed by atoms with Crippen LogP contribution in [0.2, 0.25) is 0 Å². The Morgan fingerprint density at radius 2 is 2.00 bits per heavy atom. The van der Waals surface area contributed by atoms with Gasteiger partial charge in [0.2, 0.25) is 11.8 Å². The van der Waals surface area contributed by atoms with Gasteiger partial charge in [0.05, 0.1) is 5.69 Å². The van der Waals surface area contributed by atoms with E-state index < -0.39 is 0 Å². The number of hydrogen-bond donors (Lipinski definition) is 2. The number of rotatable bonds is 5. The molecule has 4 rings (SSSR count). The molecule has 1 unspecified atom stereocenters. The molecule has 0 bridgehead atoms. The molecule has 1 atom stereocenters. The van der Waals surface area contributed by atoms with Crippen LogP contribution in [0.25, 0.3) is 11.0 Å². The molecule has 2 aromatic rings. The summed E-state index contributed by atoms with van der Waals surface area (Å²) in [6.45, 7) is 4.43. The summed E-state index contributed by atoms with van der Waals surface area (Å²) >= 11 is 0. The Labute approximate surface area is 163 Å². The van der Waals surface area contributed by atoms with Gasteiger partial charge < -0.3 is 15.2 Å². The molecule has 2 N–H and O–H groups in total. The highest BCUT2D eigenvalue weighted by Gasteiger charge is 2.36. The number of aryl methyl sites for hydroxylation is 3. The third kappa shape index (κ3) is 3.31. The van der Waals surface area contributed by atoms with Crippen molar-refractivity contribution in [1.82, 2.24) is 25.0 Å². The first-order valence-electron chi connectivity index (χ1n) is 10.0. The van der Waals surface area contributed by atoms with Crippen LogP contribution in [0.3, 0.4) is 0 Å². The maximum absolute atomic E-state index is 12.8. The summed E-state index contributed by atoms with van der Waals surface area (Å²) in [4.78, 5) is 42.4. The quantitative estimate of drug-likeness (QED) is 0.804. The number of carbonyl (C=O) groups is 2. The number of fused-ring (bicyclic) bond motifs is 1. The molecule has 2 aliphatic rings. The molecule has 0 aromatic carbocycles. The largest absolute Gasteiger partial charge is 0.352 e. The molecule has 28 heavy (non-hydrogen) atoms. The smallest absolute Gasteiger partial charge is 0.253 e. The number of amides is 2. The molecular formula is C20H27N5O3. The van der Waals surface area contributed by atoms with Crippen LogP contribution in [-0.4, -0.2) is 50.1 Å². The van der Waals surface area contributed by atoms with Crippen molar-refractivity contribution in [3.63, 3.8) is 0 Å². The van der Waals surface area contributed by atoms with Crippen molar-refractivity contribution >= 4 is 22.8 Å². The van der Waals surface area contributed by atoms with E-state index in [0.717, 1.165) is 35.9 Å².